The zero-order valence-corrected chi connectivity index (χ0v) is 11.5. The zero-order chi connectivity index (χ0) is 13.6. The van der Waals surface area contributed by atoms with Crippen molar-refractivity contribution in [1.29, 1.82) is 0 Å². The van der Waals surface area contributed by atoms with Crippen LogP contribution in [0.2, 0.25) is 0 Å². The molecule has 0 heterocycles. The van der Waals surface area contributed by atoms with Crippen molar-refractivity contribution < 1.29 is 17.5 Å². The number of rotatable bonds is 7. The molecule has 4 nitrogen and oxygen atoms in total. The molecule has 7 heteroatoms. The van der Waals surface area contributed by atoms with Gasteiger partial charge in [-0.1, -0.05) is 6.07 Å². The van der Waals surface area contributed by atoms with E-state index in [0.717, 1.165) is 0 Å². The molecule has 1 aromatic carbocycles. The number of hydrogen-bond acceptors (Lipinski definition) is 4. The number of halogens is 2. The molecule has 0 atom stereocenters. The molecule has 0 aliphatic carbocycles. The maximum atomic E-state index is 12.0. The van der Waals surface area contributed by atoms with Crippen molar-refractivity contribution in [2.75, 3.05) is 33.4 Å². The van der Waals surface area contributed by atoms with E-state index in [0.29, 0.717) is 25.4 Å². The average molecular weight is 296 g/mol. The first-order chi connectivity index (χ1) is 8.43. The van der Waals surface area contributed by atoms with E-state index in [4.69, 9.17) is 15.4 Å². The lowest BCUT2D eigenvalue weighted by molar-refractivity contribution is 0.225. The van der Waals surface area contributed by atoms with Gasteiger partial charge in [-0.2, -0.15) is 0 Å². The van der Waals surface area contributed by atoms with E-state index in [1.54, 1.807) is 24.1 Å². The molecule has 0 saturated carbocycles. The zero-order valence-electron chi connectivity index (χ0n) is 9.97. The summed E-state index contributed by atoms with van der Waals surface area (Å²) in [6.07, 6.45) is 0. The predicted octanol–water partition coefficient (Wildman–Crippen LogP) is 1.89. The van der Waals surface area contributed by atoms with Gasteiger partial charge in [-0.05, 0) is 19.2 Å². The largest absolute Gasteiger partial charge is 0.492 e. The summed E-state index contributed by atoms with van der Waals surface area (Å²) >= 11 is 0. The Morgan fingerprint density at radius 2 is 2.11 bits per heavy atom. The molecule has 0 unspecified atom stereocenters. The van der Waals surface area contributed by atoms with E-state index in [-0.39, 0.29) is 4.90 Å². The molecule has 1 aromatic rings. The molecular weight excluding hydrogens is 281 g/mol. The minimum Gasteiger partial charge on any atom is -0.492 e. The third-order valence-corrected chi connectivity index (χ3v) is 3.65. The van der Waals surface area contributed by atoms with E-state index in [2.05, 4.69) is 0 Å². The highest BCUT2D eigenvalue weighted by molar-refractivity contribution is 8.13. The van der Waals surface area contributed by atoms with Gasteiger partial charge in [-0.3, -0.25) is 0 Å². The minimum atomic E-state index is -3.74. The standard InChI is InChI=1S/C11H15ClFNO3S/c1-14(6-5-13)7-8-17-10-3-2-4-11(9-10)18(12,15)16/h2-4,9H,5-8H2,1H3. The lowest BCUT2D eigenvalue weighted by Gasteiger charge is -2.15. The quantitative estimate of drug-likeness (QED) is 0.721. The van der Waals surface area contributed by atoms with Crippen LogP contribution in [0.15, 0.2) is 29.2 Å². The van der Waals surface area contributed by atoms with Crippen LogP contribution >= 0.6 is 10.7 Å². The van der Waals surface area contributed by atoms with Crippen molar-refractivity contribution in [3.8, 4) is 5.75 Å². The van der Waals surface area contributed by atoms with Gasteiger partial charge >= 0.3 is 0 Å². The number of benzene rings is 1. The highest BCUT2D eigenvalue weighted by Crippen LogP contribution is 2.20. The van der Waals surface area contributed by atoms with Gasteiger partial charge < -0.3 is 9.64 Å². The summed E-state index contributed by atoms with van der Waals surface area (Å²) in [5.41, 5.74) is 0. The molecule has 0 bridgehead atoms. The molecule has 18 heavy (non-hydrogen) atoms. The van der Waals surface area contributed by atoms with Gasteiger partial charge in [-0.25, -0.2) is 12.8 Å². The highest BCUT2D eigenvalue weighted by atomic mass is 35.7. The second-order valence-electron chi connectivity index (χ2n) is 3.75. The smallest absolute Gasteiger partial charge is 0.261 e. The Morgan fingerprint density at radius 1 is 1.39 bits per heavy atom. The van der Waals surface area contributed by atoms with Gasteiger partial charge in [0, 0.05) is 29.8 Å². The molecule has 0 fully saturated rings. The maximum Gasteiger partial charge on any atom is 0.261 e. The van der Waals surface area contributed by atoms with Crippen LogP contribution < -0.4 is 4.74 Å². The Balaban J connectivity index is 2.53. The number of nitrogens with zero attached hydrogens (tertiary/aromatic N) is 1. The number of alkyl halides is 1. The number of ether oxygens (including phenoxy) is 1. The second kappa shape index (κ2) is 6.92. The summed E-state index contributed by atoms with van der Waals surface area (Å²) in [5, 5.41) is 0. The van der Waals surface area contributed by atoms with Gasteiger partial charge in [0.25, 0.3) is 9.05 Å². The van der Waals surface area contributed by atoms with Gasteiger partial charge in [0.15, 0.2) is 0 Å². The SMILES string of the molecule is CN(CCF)CCOc1cccc(S(=O)(=O)Cl)c1. The Hall–Kier alpha value is -0.850. The summed E-state index contributed by atoms with van der Waals surface area (Å²) in [5.74, 6) is 0.422. The Labute approximate surface area is 111 Å². The molecule has 1 rings (SSSR count). The van der Waals surface area contributed by atoms with E-state index in [1.807, 2.05) is 0 Å². The molecule has 0 amide bonds. The molecule has 0 aliphatic rings. The van der Waals surface area contributed by atoms with Crippen molar-refractivity contribution in [3.05, 3.63) is 24.3 Å². The van der Waals surface area contributed by atoms with Crippen LogP contribution in [0.1, 0.15) is 0 Å². The van der Waals surface area contributed by atoms with Crippen LogP contribution in [-0.2, 0) is 9.05 Å². The van der Waals surface area contributed by atoms with Crippen LogP contribution in [0.3, 0.4) is 0 Å². The molecular formula is C11H15ClFNO3S. The van der Waals surface area contributed by atoms with E-state index in [9.17, 15) is 12.8 Å². The number of likely N-dealkylation sites (N-methyl/N-ethyl adjacent to an activating group) is 1. The van der Waals surface area contributed by atoms with Gasteiger partial charge in [-0.15, -0.1) is 0 Å². The summed E-state index contributed by atoms with van der Waals surface area (Å²) < 4.78 is 39.6. The molecule has 0 aromatic heterocycles. The predicted molar refractivity (Wildman–Crippen MR) is 68.4 cm³/mol. The molecule has 0 radical (unpaired) electrons. The van der Waals surface area contributed by atoms with Crippen molar-refractivity contribution in [2.24, 2.45) is 0 Å². The fourth-order valence-corrected chi connectivity index (χ4v) is 2.08. The molecule has 0 aliphatic heterocycles. The first-order valence-corrected chi connectivity index (χ1v) is 7.66. The van der Waals surface area contributed by atoms with Gasteiger partial charge in [0.1, 0.15) is 19.0 Å². The van der Waals surface area contributed by atoms with E-state index >= 15 is 0 Å². The molecule has 0 N–H and O–H groups in total. The first-order valence-electron chi connectivity index (χ1n) is 5.35. The third kappa shape index (κ3) is 5.20. The number of hydrogen-bond donors (Lipinski definition) is 0. The van der Waals surface area contributed by atoms with Crippen LogP contribution in [-0.4, -0.2) is 46.7 Å². The van der Waals surface area contributed by atoms with E-state index in [1.165, 1.54) is 12.1 Å². The van der Waals surface area contributed by atoms with Crippen LogP contribution in [0.5, 0.6) is 5.75 Å². The van der Waals surface area contributed by atoms with Crippen molar-refractivity contribution in [1.82, 2.24) is 4.90 Å². The van der Waals surface area contributed by atoms with Crippen LogP contribution in [0.4, 0.5) is 4.39 Å². The lowest BCUT2D eigenvalue weighted by atomic mass is 10.3. The summed E-state index contributed by atoms with van der Waals surface area (Å²) in [4.78, 5) is 1.78. The Morgan fingerprint density at radius 3 is 2.72 bits per heavy atom. The summed E-state index contributed by atoms with van der Waals surface area (Å²) in [6.45, 7) is 0.847. The molecule has 102 valence electrons. The lowest BCUT2D eigenvalue weighted by Crippen LogP contribution is -2.26. The maximum absolute atomic E-state index is 12.0. The van der Waals surface area contributed by atoms with Crippen LogP contribution in [0.25, 0.3) is 0 Å². The average Bonchev–Trinajstić information content (AvgIpc) is 2.29. The summed E-state index contributed by atoms with van der Waals surface area (Å²) in [7, 11) is 3.26. The highest BCUT2D eigenvalue weighted by Gasteiger charge is 2.10. The Bertz CT molecular complexity index is 481. The monoisotopic (exact) mass is 295 g/mol. The fraction of sp³-hybridized carbons (Fsp3) is 0.455. The fourth-order valence-electron chi connectivity index (χ4n) is 1.29. The topological polar surface area (TPSA) is 46.6 Å². The Kier molecular flexibility index (Phi) is 5.84. The van der Waals surface area contributed by atoms with E-state index < -0.39 is 15.7 Å². The normalized spacial score (nSPS) is 11.8. The van der Waals surface area contributed by atoms with Gasteiger partial charge in [0.05, 0.1) is 4.90 Å². The minimum absolute atomic E-state index is 0.00113. The van der Waals surface area contributed by atoms with Crippen molar-refractivity contribution in [2.45, 2.75) is 4.90 Å². The van der Waals surface area contributed by atoms with Crippen molar-refractivity contribution in [3.63, 3.8) is 0 Å². The molecule has 0 saturated heterocycles. The third-order valence-electron chi connectivity index (χ3n) is 2.30. The first kappa shape index (κ1) is 15.2. The molecule has 0 spiro atoms. The van der Waals surface area contributed by atoms with Gasteiger partial charge in [0.2, 0.25) is 0 Å². The van der Waals surface area contributed by atoms with Crippen LogP contribution in [0, 0.1) is 0 Å². The van der Waals surface area contributed by atoms with Crippen molar-refractivity contribution >= 4 is 19.7 Å². The summed E-state index contributed by atoms with van der Waals surface area (Å²) in [6, 6.07) is 5.94. The second-order valence-corrected chi connectivity index (χ2v) is 6.32.